The Kier molecular flexibility index (Phi) is 6.68. The number of carbonyl (C=O) groups is 1. The number of nitrogens with one attached hydrogen (secondary N) is 1. The molecule has 9 nitrogen and oxygen atoms in total. The lowest BCUT2D eigenvalue weighted by Gasteiger charge is -2.03. The molecule has 2 aromatic heterocycles. The Morgan fingerprint density at radius 1 is 1.16 bits per heavy atom. The van der Waals surface area contributed by atoms with Crippen molar-refractivity contribution >= 4 is 52.3 Å². The van der Waals surface area contributed by atoms with Gasteiger partial charge >= 0.3 is 0 Å². The second-order valence-electron chi connectivity index (χ2n) is 6.33. The monoisotopic (exact) mass is 465 g/mol. The Hall–Kier alpha value is -3.83. The predicted octanol–water partition coefficient (Wildman–Crippen LogP) is 5.19. The highest BCUT2D eigenvalue weighted by Gasteiger charge is 2.12. The maximum Gasteiger partial charge on any atom is 0.277 e. The molecule has 0 unspecified atom stereocenters. The highest BCUT2D eigenvalue weighted by molar-refractivity contribution is 7.99. The van der Waals surface area contributed by atoms with Crippen molar-refractivity contribution in [1.82, 2.24) is 10.2 Å². The van der Waals surface area contributed by atoms with Crippen LogP contribution in [-0.2, 0) is 4.79 Å². The summed E-state index contributed by atoms with van der Waals surface area (Å²) in [5, 5.41) is 23.6. The number of nitrogens with zero attached hydrogens (tertiary/aromatic N) is 4. The lowest BCUT2D eigenvalue weighted by molar-refractivity contribution is -0.384. The Morgan fingerprint density at radius 3 is 2.62 bits per heavy atom. The summed E-state index contributed by atoms with van der Waals surface area (Å²) in [5.74, 6) is 0.100. The van der Waals surface area contributed by atoms with E-state index in [4.69, 9.17) is 4.42 Å². The standard InChI is InChI=1S/C21H15N5O4S2/c27-19(23-16-7-9-17(10-8-16)26(28)29)13-32-21-25-24-20(30-21)14-3-5-15(6-4-14)22-12-18-2-1-11-31-18/h1-12H,13H2,(H,23,27). The van der Waals surface area contributed by atoms with Crippen molar-refractivity contribution in [3.05, 3.63) is 81.0 Å². The minimum absolute atomic E-state index is 0.0434. The van der Waals surface area contributed by atoms with E-state index in [1.54, 1.807) is 11.3 Å². The molecule has 0 aliphatic rings. The molecule has 2 heterocycles. The highest BCUT2D eigenvalue weighted by Crippen LogP contribution is 2.25. The van der Waals surface area contributed by atoms with Gasteiger partial charge in [0.25, 0.3) is 10.9 Å². The van der Waals surface area contributed by atoms with Crippen molar-refractivity contribution in [3.63, 3.8) is 0 Å². The molecule has 0 atom stereocenters. The Labute approximate surface area is 190 Å². The second-order valence-corrected chi connectivity index (χ2v) is 8.24. The number of nitro benzene ring substituents is 1. The van der Waals surface area contributed by atoms with Gasteiger partial charge in [-0.1, -0.05) is 17.8 Å². The van der Waals surface area contributed by atoms with E-state index in [9.17, 15) is 14.9 Å². The fourth-order valence-electron chi connectivity index (χ4n) is 2.57. The molecule has 0 bridgehead atoms. The fourth-order valence-corrected chi connectivity index (χ4v) is 3.72. The van der Waals surface area contributed by atoms with Crippen LogP contribution in [0, 0.1) is 10.1 Å². The second kappa shape index (κ2) is 9.98. The van der Waals surface area contributed by atoms with Crippen LogP contribution in [0.3, 0.4) is 0 Å². The molecule has 11 heteroatoms. The van der Waals surface area contributed by atoms with E-state index in [0.29, 0.717) is 11.6 Å². The molecule has 0 fully saturated rings. The molecule has 0 saturated heterocycles. The maximum atomic E-state index is 12.1. The van der Waals surface area contributed by atoms with Crippen molar-refractivity contribution in [2.45, 2.75) is 5.22 Å². The molecule has 0 spiro atoms. The van der Waals surface area contributed by atoms with E-state index < -0.39 is 4.92 Å². The topological polar surface area (TPSA) is 124 Å². The van der Waals surface area contributed by atoms with Crippen LogP contribution >= 0.6 is 23.1 Å². The van der Waals surface area contributed by atoms with Crippen LogP contribution < -0.4 is 5.32 Å². The van der Waals surface area contributed by atoms with Crippen molar-refractivity contribution in [1.29, 1.82) is 0 Å². The van der Waals surface area contributed by atoms with Gasteiger partial charge in [-0.15, -0.1) is 21.5 Å². The van der Waals surface area contributed by atoms with Gasteiger partial charge in [0.05, 0.1) is 16.4 Å². The summed E-state index contributed by atoms with van der Waals surface area (Å²) in [7, 11) is 0. The van der Waals surface area contributed by atoms with Crippen molar-refractivity contribution < 1.29 is 14.1 Å². The SMILES string of the molecule is O=C(CSc1nnc(-c2ccc(N=Cc3cccs3)cc2)o1)Nc1ccc([N+](=O)[O-])cc1. The predicted molar refractivity (Wildman–Crippen MR) is 124 cm³/mol. The number of rotatable bonds is 8. The lowest BCUT2D eigenvalue weighted by atomic mass is 10.2. The lowest BCUT2D eigenvalue weighted by Crippen LogP contribution is -2.13. The largest absolute Gasteiger partial charge is 0.411 e. The van der Waals surface area contributed by atoms with Crippen LogP contribution in [0.2, 0.25) is 0 Å². The first kappa shape index (κ1) is 21.4. The summed E-state index contributed by atoms with van der Waals surface area (Å²) in [6, 6.07) is 16.9. The Morgan fingerprint density at radius 2 is 1.94 bits per heavy atom. The summed E-state index contributed by atoms with van der Waals surface area (Å²) in [4.78, 5) is 27.8. The minimum Gasteiger partial charge on any atom is -0.411 e. The molecule has 0 aliphatic carbocycles. The van der Waals surface area contributed by atoms with Gasteiger partial charge in [-0.3, -0.25) is 19.9 Å². The molecule has 0 aliphatic heterocycles. The van der Waals surface area contributed by atoms with Crippen molar-refractivity contribution in [2.24, 2.45) is 4.99 Å². The smallest absolute Gasteiger partial charge is 0.277 e. The number of aliphatic imine (C=N–C) groups is 1. The van der Waals surface area contributed by atoms with Gasteiger partial charge in [0.1, 0.15) is 0 Å². The number of thioether (sulfide) groups is 1. The van der Waals surface area contributed by atoms with E-state index in [1.165, 1.54) is 24.3 Å². The fraction of sp³-hybridized carbons (Fsp3) is 0.0476. The number of carbonyl (C=O) groups excluding carboxylic acids is 1. The third-order valence-corrected chi connectivity index (χ3v) is 5.72. The van der Waals surface area contributed by atoms with Gasteiger partial charge in [-0.2, -0.15) is 0 Å². The summed E-state index contributed by atoms with van der Waals surface area (Å²) >= 11 is 2.71. The molecule has 1 N–H and O–H groups in total. The Balaban J connectivity index is 1.30. The molecule has 0 radical (unpaired) electrons. The zero-order valence-electron chi connectivity index (χ0n) is 16.4. The average Bonchev–Trinajstić information content (AvgIpc) is 3.49. The van der Waals surface area contributed by atoms with Crippen LogP contribution in [0.25, 0.3) is 11.5 Å². The first-order valence-corrected chi connectivity index (χ1v) is 11.1. The molecule has 4 aromatic rings. The Bertz CT molecular complexity index is 1240. The molecular weight excluding hydrogens is 450 g/mol. The molecule has 160 valence electrons. The third kappa shape index (κ3) is 5.65. The zero-order valence-corrected chi connectivity index (χ0v) is 18.0. The van der Waals surface area contributed by atoms with Gasteiger partial charge in [0, 0.05) is 34.5 Å². The van der Waals surface area contributed by atoms with Gasteiger partial charge in [-0.25, -0.2) is 0 Å². The summed E-state index contributed by atoms with van der Waals surface area (Å²) in [5.41, 5.74) is 1.97. The molecule has 0 saturated carbocycles. The summed E-state index contributed by atoms with van der Waals surface area (Å²) < 4.78 is 5.62. The van der Waals surface area contributed by atoms with Crippen LogP contribution in [0.4, 0.5) is 17.1 Å². The van der Waals surface area contributed by atoms with Crippen LogP contribution in [0.5, 0.6) is 0 Å². The molecule has 32 heavy (non-hydrogen) atoms. The van der Waals surface area contributed by atoms with Gasteiger partial charge in [-0.05, 0) is 47.8 Å². The number of hydrogen-bond acceptors (Lipinski definition) is 9. The van der Waals surface area contributed by atoms with E-state index >= 15 is 0 Å². The van der Waals surface area contributed by atoms with Crippen LogP contribution in [-0.4, -0.2) is 33.0 Å². The average molecular weight is 466 g/mol. The van der Waals surface area contributed by atoms with Gasteiger partial charge < -0.3 is 9.73 Å². The third-order valence-electron chi connectivity index (χ3n) is 4.09. The first-order valence-electron chi connectivity index (χ1n) is 9.25. The number of nitro groups is 1. The normalized spacial score (nSPS) is 11.0. The minimum atomic E-state index is -0.499. The molecule has 1 amide bonds. The zero-order chi connectivity index (χ0) is 22.3. The molecule has 2 aromatic carbocycles. The van der Waals surface area contributed by atoms with Gasteiger partial charge in [0.15, 0.2) is 0 Å². The number of amides is 1. The number of benzene rings is 2. The first-order chi connectivity index (χ1) is 15.6. The summed E-state index contributed by atoms with van der Waals surface area (Å²) in [6.07, 6.45) is 1.81. The number of non-ortho nitro benzene ring substituents is 1. The number of thiophene rings is 1. The highest BCUT2D eigenvalue weighted by atomic mass is 32.2. The van der Waals surface area contributed by atoms with Gasteiger partial charge in [0.2, 0.25) is 11.8 Å². The summed E-state index contributed by atoms with van der Waals surface area (Å²) in [6.45, 7) is 0. The van der Waals surface area contributed by atoms with Crippen molar-refractivity contribution in [3.8, 4) is 11.5 Å². The quantitative estimate of drug-likeness (QED) is 0.164. The van der Waals surface area contributed by atoms with E-state index in [-0.39, 0.29) is 22.6 Å². The van der Waals surface area contributed by atoms with Crippen LogP contribution in [0.15, 0.2) is 80.7 Å². The van der Waals surface area contributed by atoms with Crippen LogP contribution in [0.1, 0.15) is 4.88 Å². The number of aromatic nitrogens is 2. The van der Waals surface area contributed by atoms with E-state index in [0.717, 1.165) is 27.9 Å². The van der Waals surface area contributed by atoms with Crippen molar-refractivity contribution in [2.75, 3.05) is 11.1 Å². The van der Waals surface area contributed by atoms with E-state index in [1.807, 2.05) is 48.0 Å². The molecule has 4 rings (SSSR count). The maximum absolute atomic E-state index is 12.1. The van der Waals surface area contributed by atoms with E-state index in [2.05, 4.69) is 20.5 Å². The number of anilines is 1. The molecular formula is C21H15N5O4S2. The number of hydrogen-bond donors (Lipinski definition) is 1.